The van der Waals surface area contributed by atoms with Gasteiger partial charge in [-0.25, -0.2) is 0 Å². The second-order valence-electron chi connectivity index (χ2n) is 5.12. The zero-order valence-corrected chi connectivity index (χ0v) is 8.81. The Morgan fingerprint density at radius 2 is 1.62 bits per heavy atom. The molecule has 1 spiro atoms. The second kappa shape index (κ2) is 3.27. The second-order valence-corrected chi connectivity index (χ2v) is 5.12. The molecule has 0 saturated heterocycles. The summed E-state index contributed by atoms with van der Waals surface area (Å²) in [5.74, 6) is 0. The molecule has 0 aromatic carbocycles. The van der Waals surface area contributed by atoms with E-state index in [0.717, 1.165) is 19.3 Å². The van der Waals surface area contributed by atoms with Gasteiger partial charge in [0.2, 0.25) is 0 Å². The van der Waals surface area contributed by atoms with E-state index in [4.69, 9.17) is 0 Å². The fraction of sp³-hybridized carbons (Fsp3) is 1.00. The molecule has 1 heteroatoms. The molecule has 1 atom stereocenters. The standard InChI is InChI=1S/C12H22O/c1-2-6-12(13)10-5-9-11(12)7-3-4-8-11/h13H,2-10H2,1H3. The van der Waals surface area contributed by atoms with Crippen molar-refractivity contribution in [2.75, 3.05) is 0 Å². The first kappa shape index (κ1) is 9.51. The van der Waals surface area contributed by atoms with Crippen LogP contribution in [0.4, 0.5) is 0 Å². The van der Waals surface area contributed by atoms with Gasteiger partial charge in [-0.05, 0) is 43.9 Å². The Bertz CT molecular complexity index is 176. The molecule has 0 aromatic heterocycles. The predicted molar refractivity (Wildman–Crippen MR) is 54.6 cm³/mol. The van der Waals surface area contributed by atoms with Crippen molar-refractivity contribution in [1.82, 2.24) is 0 Å². The molecule has 2 saturated carbocycles. The van der Waals surface area contributed by atoms with Crippen LogP contribution < -0.4 is 0 Å². The molecule has 2 fully saturated rings. The van der Waals surface area contributed by atoms with E-state index in [1.165, 1.54) is 38.5 Å². The van der Waals surface area contributed by atoms with E-state index in [2.05, 4.69) is 6.92 Å². The molecule has 1 N–H and O–H groups in total. The Hall–Kier alpha value is -0.0400. The van der Waals surface area contributed by atoms with E-state index in [9.17, 15) is 5.11 Å². The summed E-state index contributed by atoms with van der Waals surface area (Å²) in [4.78, 5) is 0. The zero-order valence-electron chi connectivity index (χ0n) is 8.81. The van der Waals surface area contributed by atoms with Gasteiger partial charge in [-0.15, -0.1) is 0 Å². The molecule has 0 aliphatic heterocycles. The Morgan fingerprint density at radius 1 is 1.00 bits per heavy atom. The van der Waals surface area contributed by atoms with Crippen LogP contribution in [-0.2, 0) is 0 Å². The highest BCUT2D eigenvalue weighted by Gasteiger charge is 2.53. The fourth-order valence-electron chi connectivity index (χ4n) is 3.79. The number of hydrogen-bond acceptors (Lipinski definition) is 1. The SMILES string of the molecule is CCCC1(O)CCCC12CCCC2. The van der Waals surface area contributed by atoms with Gasteiger partial charge in [-0.1, -0.05) is 26.2 Å². The highest BCUT2D eigenvalue weighted by Crippen LogP contribution is 2.57. The first-order chi connectivity index (χ1) is 6.22. The minimum absolute atomic E-state index is 0.280. The predicted octanol–water partition coefficient (Wildman–Crippen LogP) is 3.26. The fourth-order valence-corrected chi connectivity index (χ4v) is 3.79. The van der Waals surface area contributed by atoms with Gasteiger partial charge in [0, 0.05) is 0 Å². The summed E-state index contributed by atoms with van der Waals surface area (Å²) in [6, 6.07) is 0. The molecule has 13 heavy (non-hydrogen) atoms. The first-order valence-corrected chi connectivity index (χ1v) is 5.95. The maximum Gasteiger partial charge on any atom is 0.0703 e. The third kappa shape index (κ3) is 1.32. The van der Waals surface area contributed by atoms with E-state index in [-0.39, 0.29) is 5.60 Å². The van der Waals surface area contributed by atoms with Gasteiger partial charge in [0.25, 0.3) is 0 Å². The number of hydrogen-bond donors (Lipinski definition) is 1. The summed E-state index contributed by atoms with van der Waals surface area (Å²) in [7, 11) is 0. The van der Waals surface area contributed by atoms with E-state index in [0.29, 0.717) is 5.41 Å². The molecule has 1 unspecified atom stereocenters. The normalized spacial score (nSPS) is 37.4. The van der Waals surface area contributed by atoms with E-state index in [1.54, 1.807) is 0 Å². The van der Waals surface area contributed by atoms with Gasteiger partial charge in [0.1, 0.15) is 0 Å². The Balaban J connectivity index is 2.16. The molecule has 2 rings (SSSR count). The monoisotopic (exact) mass is 182 g/mol. The lowest BCUT2D eigenvalue weighted by atomic mass is 9.71. The largest absolute Gasteiger partial charge is 0.389 e. The van der Waals surface area contributed by atoms with Crippen molar-refractivity contribution < 1.29 is 5.11 Å². The molecular formula is C12H22O. The van der Waals surface area contributed by atoms with Crippen molar-refractivity contribution >= 4 is 0 Å². The lowest BCUT2D eigenvalue weighted by Gasteiger charge is -2.39. The molecule has 0 radical (unpaired) electrons. The van der Waals surface area contributed by atoms with Crippen LogP contribution in [0.5, 0.6) is 0 Å². The molecule has 2 aliphatic rings. The summed E-state index contributed by atoms with van der Waals surface area (Å²) in [6.07, 6.45) is 11.1. The van der Waals surface area contributed by atoms with Gasteiger partial charge in [-0.3, -0.25) is 0 Å². The van der Waals surface area contributed by atoms with Crippen molar-refractivity contribution in [2.45, 2.75) is 70.3 Å². The van der Waals surface area contributed by atoms with Crippen molar-refractivity contribution in [2.24, 2.45) is 5.41 Å². The number of rotatable bonds is 2. The quantitative estimate of drug-likeness (QED) is 0.695. The van der Waals surface area contributed by atoms with Crippen LogP contribution in [0.2, 0.25) is 0 Å². The zero-order chi connectivity index (χ0) is 9.36. The van der Waals surface area contributed by atoms with E-state index >= 15 is 0 Å². The Labute approximate surface area is 81.5 Å². The molecule has 2 aliphatic carbocycles. The lowest BCUT2D eigenvalue weighted by Crippen LogP contribution is -2.41. The average molecular weight is 182 g/mol. The summed E-state index contributed by atoms with van der Waals surface area (Å²) >= 11 is 0. The van der Waals surface area contributed by atoms with Crippen LogP contribution >= 0.6 is 0 Å². The third-order valence-corrected chi connectivity index (χ3v) is 4.46. The maximum absolute atomic E-state index is 10.6. The van der Waals surface area contributed by atoms with Gasteiger partial charge in [0.05, 0.1) is 5.60 Å². The molecular weight excluding hydrogens is 160 g/mol. The minimum Gasteiger partial charge on any atom is -0.389 e. The first-order valence-electron chi connectivity index (χ1n) is 5.95. The smallest absolute Gasteiger partial charge is 0.0703 e. The third-order valence-electron chi connectivity index (χ3n) is 4.46. The summed E-state index contributed by atoms with van der Waals surface area (Å²) in [5, 5.41) is 10.6. The lowest BCUT2D eigenvalue weighted by molar-refractivity contribution is -0.0654. The van der Waals surface area contributed by atoms with Gasteiger partial charge in [0.15, 0.2) is 0 Å². The van der Waals surface area contributed by atoms with E-state index in [1.807, 2.05) is 0 Å². The Morgan fingerprint density at radius 3 is 2.23 bits per heavy atom. The van der Waals surface area contributed by atoms with Crippen LogP contribution in [-0.4, -0.2) is 10.7 Å². The summed E-state index contributed by atoms with van der Waals surface area (Å²) in [6.45, 7) is 2.19. The van der Waals surface area contributed by atoms with E-state index < -0.39 is 0 Å². The Kier molecular flexibility index (Phi) is 2.39. The molecule has 1 nitrogen and oxygen atoms in total. The molecule has 0 aromatic rings. The van der Waals surface area contributed by atoms with Crippen LogP contribution in [0.1, 0.15) is 64.7 Å². The summed E-state index contributed by atoms with van der Waals surface area (Å²) in [5.41, 5.74) is 0.0707. The van der Waals surface area contributed by atoms with Crippen LogP contribution in [0.15, 0.2) is 0 Å². The molecule has 0 heterocycles. The topological polar surface area (TPSA) is 20.2 Å². The van der Waals surface area contributed by atoms with Crippen molar-refractivity contribution in [3.63, 3.8) is 0 Å². The van der Waals surface area contributed by atoms with Crippen LogP contribution in [0, 0.1) is 5.41 Å². The van der Waals surface area contributed by atoms with Crippen LogP contribution in [0.3, 0.4) is 0 Å². The van der Waals surface area contributed by atoms with Crippen LogP contribution in [0.25, 0.3) is 0 Å². The number of aliphatic hydroxyl groups is 1. The van der Waals surface area contributed by atoms with Crippen molar-refractivity contribution in [3.05, 3.63) is 0 Å². The maximum atomic E-state index is 10.6. The van der Waals surface area contributed by atoms with Crippen molar-refractivity contribution in [1.29, 1.82) is 0 Å². The van der Waals surface area contributed by atoms with Crippen molar-refractivity contribution in [3.8, 4) is 0 Å². The highest BCUT2D eigenvalue weighted by atomic mass is 16.3. The molecule has 76 valence electrons. The van der Waals surface area contributed by atoms with Gasteiger partial charge < -0.3 is 5.11 Å². The highest BCUT2D eigenvalue weighted by molar-refractivity contribution is 5.05. The summed E-state index contributed by atoms with van der Waals surface area (Å²) < 4.78 is 0. The molecule has 0 amide bonds. The average Bonchev–Trinajstić information content (AvgIpc) is 2.65. The minimum atomic E-state index is -0.280. The van der Waals surface area contributed by atoms with Gasteiger partial charge in [-0.2, -0.15) is 0 Å². The van der Waals surface area contributed by atoms with Gasteiger partial charge >= 0.3 is 0 Å². The molecule has 0 bridgehead atoms.